The van der Waals surface area contributed by atoms with E-state index in [0.717, 1.165) is 0 Å². The van der Waals surface area contributed by atoms with Gasteiger partial charge in [0.25, 0.3) is 0 Å². The summed E-state index contributed by atoms with van der Waals surface area (Å²) < 4.78 is 0. The molecule has 0 nitrogen and oxygen atoms in total. The highest BCUT2D eigenvalue weighted by atomic mass is 14.2. The van der Waals surface area contributed by atoms with Crippen molar-refractivity contribution < 1.29 is 0 Å². The molecule has 0 aliphatic heterocycles. The Bertz CT molecular complexity index is 509. The molecule has 0 N–H and O–H groups in total. The SMILES string of the molecule is [CH](c1ccccc1)C1C=Cc2ccccc21. The molecule has 1 radical (unpaired) electrons. The van der Waals surface area contributed by atoms with Gasteiger partial charge in [-0.25, -0.2) is 0 Å². The van der Waals surface area contributed by atoms with E-state index in [1.54, 1.807) is 0 Å². The van der Waals surface area contributed by atoms with Gasteiger partial charge in [-0.3, -0.25) is 0 Å². The van der Waals surface area contributed by atoms with E-state index in [2.05, 4.69) is 73.2 Å². The lowest BCUT2D eigenvalue weighted by atomic mass is 9.94. The van der Waals surface area contributed by atoms with E-state index in [1.165, 1.54) is 16.7 Å². The number of benzene rings is 2. The van der Waals surface area contributed by atoms with Crippen LogP contribution in [-0.2, 0) is 0 Å². The third kappa shape index (κ3) is 1.67. The molecule has 0 saturated heterocycles. The molecular weight excluding hydrogens is 192 g/mol. The predicted molar refractivity (Wildman–Crippen MR) is 68.1 cm³/mol. The average Bonchev–Trinajstić information content (AvgIpc) is 2.74. The lowest BCUT2D eigenvalue weighted by Crippen LogP contribution is -1.95. The van der Waals surface area contributed by atoms with Crippen LogP contribution >= 0.6 is 0 Å². The Balaban J connectivity index is 1.87. The van der Waals surface area contributed by atoms with E-state index in [4.69, 9.17) is 0 Å². The molecule has 0 spiro atoms. The van der Waals surface area contributed by atoms with Crippen LogP contribution in [0.5, 0.6) is 0 Å². The van der Waals surface area contributed by atoms with Crippen LogP contribution in [0.4, 0.5) is 0 Å². The average molecular weight is 205 g/mol. The van der Waals surface area contributed by atoms with E-state index in [-0.39, 0.29) is 0 Å². The molecule has 1 unspecified atom stereocenters. The van der Waals surface area contributed by atoms with Gasteiger partial charge >= 0.3 is 0 Å². The molecule has 0 amide bonds. The van der Waals surface area contributed by atoms with Crippen molar-refractivity contribution in [1.82, 2.24) is 0 Å². The van der Waals surface area contributed by atoms with E-state index in [1.807, 2.05) is 0 Å². The Kier molecular flexibility index (Phi) is 2.34. The van der Waals surface area contributed by atoms with Gasteiger partial charge < -0.3 is 0 Å². The molecule has 1 aliphatic carbocycles. The minimum Gasteiger partial charge on any atom is -0.0757 e. The number of hydrogen-bond donors (Lipinski definition) is 0. The first kappa shape index (κ1) is 9.41. The molecule has 0 fully saturated rings. The van der Waals surface area contributed by atoms with Crippen molar-refractivity contribution in [2.45, 2.75) is 5.92 Å². The largest absolute Gasteiger partial charge is 0.0757 e. The van der Waals surface area contributed by atoms with Crippen molar-refractivity contribution in [2.75, 3.05) is 0 Å². The lowest BCUT2D eigenvalue weighted by molar-refractivity contribution is 1.03. The molecule has 2 aromatic rings. The highest BCUT2D eigenvalue weighted by Crippen LogP contribution is 2.33. The van der Waals surface area contributed by atoms with Crippen molar-refractivity contribution in [3.05, 3.63) is 83.8 Å². The molecule has 3 rings (SSSR count). The van der Waals surface area contributed by atoms with Crippen LogP contribution in [0, 0.1) is 6.42 Å². The summed E-state index contributed by atoms with van der Waals surface area (Å²) >= 11 is 0. The van der Waals surface area contributed by atoms with E-state index in [9.17, 15) is 0 Å². The van der Waals surface area contributed by atoms with Crippen LogP contribution in [-0.4, -0.2) is 0 Å². The highest BCUT2D eigenvalue weighted by Gasteiger charge is 2.16. The molecule has 1 aliphatic rings. The maximum absolute atomic E-state index is 2.31. The van der Waals surface area contributed by atoms with Crippen molar-refractivity contribution in [2.24, 2.45) is 0 Å². The Hall–Kier alpha value is -1.82. The molecule has 1 atom stereocenters. The van der Waals surface area contributed by atoms with Gasteiger partial charge in [-0.1, -0.05) is 66.7 Å². The first-order chi connectivity index (χ1) is 7.93. The van der Waals surface area contributed by atoms with E-state index < -0.39 is 0 Å². The standard InChI is InChI=1S/C16H13/c1-2-6-13(7-3-1)12-15-11-10-14-8-4-5-9-16(14)15/h1-12,15H. The van der Waals surface area contributed by atoms with Crippen molar-refractivity contribution in [1.29, 1.82) is 0 Å². The molecule has 77 valence electrons. The van der Waals surface area contributed by atoms with Crippen LogP contribution in [0.15, 0.2) is 60.7 Å². The van der Waals surface area contributed by atoms with Crippen LogP contribution in [0.25, 0.3) is 6.08 Å². The number of allylic oxidation sites excluding steroid dienone is 1. The summed E-state index contributed by atoms with van der Waals surface area (Å²) in [4.78, 5) is 0. The molecule has 0 heteroatoms. The van der Waals surface area contributed by atoms with Gasteiger partial charge in [0.2, 0.25) is 0 Å². The zero-order valence-electron chi connectivity index (χ0n) is 9.01. The third-order valence-electron chi connectivity index (χ3n) is 3.01. The summed E-state index contributed by atoms with van der Waals surface area (Å²) in [5.74, 6) is 0.429. The molecule has 0 bridgehead atoms. The monoisotopic (exact) mass is 205 g/mol. The Morgan fingerprint density at radius 3 is 2.44 bits per heavy atom. The van der Waals surface area contributed by atoms with Crippen LogP contribution in [0.3, 0.4) is 0 Å². The minimum atomic E-state index is 0.429. The predicted octanol–water partition coefficient (Wildman–Crippen LogP) is 4.05. The summed E-state index contributed by atoms with van der Waals surface area (Å²) in [6, 6.07) is 19.1. The van der Waals surface area contributed by atoms with Crippen LogP contribution in [0.2, 0.25) is 0 Å². The van der Waals surface area contributed by atoms with Crippen molar-refractivity contribution >= 4 is 6.08 Å². The molecule has 0 aromatic heterocycles. The molecule has 0 saturated carbocycles. The normalized spacial score (nSPS) is 17.4. The van der Waals surface area contributed by atoms with Gasteiger partial charge in [0.15, 0.2) is 0 Å². The molecule has 16 heavy (non-hydrogen) atoms. The van der Waals surface area contributed by atoms with E-state index in [0.29, 0.717) is 5.92 Å². The van der Waals surface area contributed by atoms with Gasteiger partial charge in [-0.05, 0) is 16.7 Å². The van der Waals surface area contributed by atoms with Crippen LogP contribution < -0.4 is 0 Å². The Morgan fingerprint density at radius 2 is 1.56 bits per heavy atom. The number of hydrogen-bond acceptors (Lipinski definition) is 0. The quantitative estimate of drug-likeness (QED) is 0.693. The van der Waals surface area contributed by atoms with Gasteiger partial charge in [-0.15, -0.1) is 0 Å². The summed E-state index contributed by atoms with van der Waals surface area (Å²) in [5.41, 5.74) is 4.04. The van der Waals surface area contributed by atoms with Crippen LogP contribution in [0.1, 0.15) is 22.6 Å². The van der Waals surface area contributed by atoms with Gasteiger partial charge in [0.05, 0.1) is 0 Å². The summed E-state index contributed by atoms with van der Waals surface area (Å²) in [6.07, 6.45) is 6.78. The lowest BCUT2D eigenvalue weighted by Gasteiger charge is -2.10. The van der Waals surface area contributed by atoms with Gasteiger partial charge in [-0.2, -0.15) is 0 Å². The van der Waals surface area contributed by atoms with Crippen molar-refractivity contribution in [3.8, 4) is 0 Å². The second kappa shape index (κ2) is 3.97. The van der Waals surface area contributed by atoms with Crippen molar-refractivity contribution in [3.63, 3.8) is 0 Å². The second-order valence-electron chi connectivity index (χ2n) is 4.09. The first-order valence-corrected chi connectivity index (χ1v) is 5.60. The first-order valence-electron chi connectivity index (χ1n) is 5.60. The maximum Gasteiger partial charge on any atom is 0.0102 e. The second-order valence-corrected chi connectivity index (χ2v) is 4.09. The summed E-state index contributed by atoms with van der Waals surface area (Å²) in [5, 5.41) is 0. The van der Waals surface area contributed by atoms with Gasteiger partial charge in [0, 0.05) is 12.3 Å². The topological polar surface area (TPSA) is 0 Å². The molecule has 0 heterocycles. The zero-order chi connectivity index (χ0) is 10.8. The smallest absolute Gasteiger partial charge is 0.0102 e. The fourth-order valence-corrected chi connectivity index (χ4v) is 2.19. The summed E-state index contributed by atoms with van der Waals surface area (Å²) in [7, 11) is 0. The number of fused-ring (bicyclic) bond motifs is 1. The maximum atomic E-state index is 2.31. The zero-order valence-corrected chi connectivity index (χ0v) is 9.01. The van der Waals surface area contributed by atoms with E-state index >= 15 is 0 Å². The molecule has 2 aromatic carbocycles. The fourth-order valence-electron chi connectivity index (χ4n) is 2.19. The minimum absolute atomic E-state index is 0.429. The fraction of sp³-hybridized carbons (Fsp3) is 0.0625. The highest BCUT2D eigenvalue weighted by molar-refractivity contribution is 5.64. The Morgan fingerprint density at radius 1 is 0.812 bits per heavy atom. The molecular formula is C16H13. The number of rotatable bonds is 2. The Labute approximate surface area is 96.3 Å². The summed E-state index contributed by atoms with van der Waals surface area (Å²) in [6.45, 7) is 0. The third-order valence-corrected chi connectivity index (χ3v) is 3.01. The van der Waals surface area contributed by atoms with Gasteiger partial charge in [0.1, 0.15) is 0 Å².